The van der Waals surface area contributed by atoms with Crippen LogP contribution in [0.4, 0.5) is 24.8 Å². The van der Waals surface area contributed by atoms with Gasteiger partial charge in [0.15, 0.2) is 0 Å². The van der Waals surface area contributed by atoms with Crippen molar-refractivity contribution in [3.63, 3.8) is 0 Å². The Hall–Kier alpha value is -2.88. The molecule has 1 atom stereocenters. The first kappa shape index (κ1) is 21.8. The average molecular weight is 442 g/mol. The molecular formula is C19H19ClF3N5O2. The van der Waals surface area contributed by atoms with Gasteiger partial charge in [0, 0.05) is 23.5 Å². The minimum Gasteiger partial charge on any atom is -0.314 e. The molecule has 0 radical (unpaired) electrons. The maximum atomic E-state index is 13.1. The van der Waals surface area contributed by atoms with Crippen LogP contribution in [0, 0.1) is 6.92 Å². The van der Waals surface area contributed by atoms with Crippen LogP contribution < -0.4 is 15.3 Å². The van der Waals surface area contributed by atoms with Crippen molar-refractivity contribution in [2.24, 2.45) is 0 Å². The molecule has 3 rings (SSSR count). The Bertz CT molecular complexity index is 999. The maximum absolute atomic E-state index is 13.1. The number of benzene rings is 1. The number of carbonyl (C=O) groups is 2. The number of amides is 2. The van der Waals surface area contributed by atoms with Crippen LogP contribution in [0.1, 0.15) is 30.3 Å². The first-order valence-electron chi connectivity index (χ1n) is 9.08. The number of aromatic nitrogens is 2. The number of hydrazine groups is 1. The Morgan fingerprint density at radius 1 is 1.33 bits per heavy atom. The van der Waals surface area contributed by atoms with Crippen molar-refractivity contribution >= 4 is 35.1 Å². The summed E-state index contributed by atoms with van der Waals surface area (Å²) in [4.78, 5) is 33.9. The number of hydrogen-bond acceptors (Lipinski definition) is 5. The van der Waals surface area contributed by atoms with Gasteiger partial charge in [-0.2, -0.15) is 13.2 Å². The van der Waals surface area contributed by atoms with E-state index in [4.69, 9.17) is 11.6 Å². The fraction of sp³-hybridized carbons (Fsp3) is 0.368. The molecule has 1 unspecified atom stereocenters. The first-order chi connectivity index (χ1) is 14.0. The SMILES string of the molecule is CCc1cc(N(C)C(=O)C2CC(=O)NN2c2nc(C)cc(C(F)(F)F)n2)ccc1Cl. The Balaban J connectivity index is 1.94. The topological polar surface area (TPSA) is 78.4 Å². The van der Waals surface area contributed by atoms with Crippen molar-refractivity contribution in [2.75, 3.05) is 17.0 Å². The summed E-state index contributed by atoms with van der Waals surface area (Å²) in [7, 11) is 1.52. The van der Waals surface area contributed by atoms with Gasteiger partial charge in [0.1, 0.15) is 11.7 Å². The van der Waals surface area contributed by atoms with Crippen LogP contribution in [0.5, 0.6) is 0 Å². The van der Waals surface area contributed by atoms with E-state index < -0.39 is 35.7 Å². The number of likely N-dealkylation sites (N-methyl/N-ethyl adjacent to an activating group) is 1. The monoisotopic (exact) mass is 441 g/mol. The predicted molar refractivity (Wildman–Crippen MR) is 105 cm³/mol. The van der Waals surface area contributed by atoms with Gasteiger partial charge in [0.2, 0.25) is 11.9 Å². The third-order valence-corrected chi connectivity index (χ3v) is 5.07. The van der Waals surface area contributed by atoms with Gasteiger partial charge in [-0.05, 0) is 43.2 Å². The highest BCUT2D eigenvalue weighted by atomic mass is 35.5. The lowest BCUT2D eigenvalue weighted by molar-refractivity contribution is -0.141. The van der Waals surface area contributed by atoms with Crippen molar-refractivity contribution < 1.29 is 22.8 Å². The second-order valence-corrected chi connectivity index (χ2v) is 7.25. The molecule has 11 heteroatoms. The van der Waals surface area contributed by atoms with Crippen LogP contribution in [-0.4, -0.2) is 34.9 Å². The lowest BCUT2D eigenvalue weighted by Gasteiger charge is -2.27. The largest absolute Gasteiger partial charge is 0.433 e. The zero-order valence-electron chi connectivity index (χ0n) is 16.4. The first-order valence-corrected chi connectivity index (χ1v) is 9.46. The fourth-order valence-electron chi connectivity index (χ4n) is 3.11. The summed E-state index contributed by atoms with van der Waals surface area (Å²) in [6, 6.07) is 4.75. The molecule has 1 aliphatic heterocycles. The van der Waals surface area contributed by atoms with Gasteiger partial charge in [0.25, 0.3) is 5.91 Å². The Labute approximate surface area is 175 Å². The van der Waals surface area contributed by atoms with E-state index in [0.29, 0.717) is 17.1 Å². The summed E-state index contributed by atoms with van der Waals surface area (Å²) in [6.45, 7) is 3.29. The van der Waals surface area contributed by atoms with Crippen molar-refractivity contribution in [2.45, 2.75) is 38.9 Å². The molecule has 30 heavy (non-hydrogen) atoms. The van der Waals surface area contributed by atoms with Gasteiger partial charge in [0.05, 0.1) is 6.42 Å². The van der Waals surface area contributed by atoms with Crippen LogP contribution in [0.3, 0.4) is 0 Å². The van der Waals surface area contributed by atoms with E-state index in [-0.39, 0.29) is 12.1 Å². The number of aryl methyl sites for hydroxylation is 2. The van der Waals surface area contributed by atoms with Crippen LogP contribution >= 0.6 is 11.6 Å². The van der Waals surface area contributed by atoms with E-state index in [2.05, 4.69) is 15.4 Å². The van der Waals surface area contributed by atoms with Crippen molar-refractivity contribution in [3.8, 4) is 0 Å². The summed E-state index contributed by atoms with van der Waals surface area (Å²) in [6.07, 6.45) is -4.28. The van der Waals surface area contributed by atoms with Crippen molar-refractivity contribution in [3.05, 3.63) is 46.2 Å². The highest BCUT2D eigenvalue weighted by Gasteiger charge is 2.41. The molecule has 160 valence electrons. The third-order valence-electron chi connectivity index (χ3n) is 4.70. The van der Waals surface area contributed by atoms with E-state index in [1.807, 2.05) is 6.92 Å². The Morgan fingerprint density at radius 2 is 2.03 bits per heavy atom. The minimum absolute atomic E-state index is 0.0540. The summed E-state index contributed by atoms with van der Waals surface area (Å²) >= 11 is 6.12. The molecule has 2 aromatic rings. The predicted octanol–water partition coefficient (Wildman–Crippen LogP) is 3.29. The van der Waals surface area contributed by atoms with Gasteiger partial charge in [-0.25, -0.2) is 15.0 Å². The molecule has 0 saturated carbocycles. The summed E-state index contributed by atoms with van der Waals surface area (Å²) in [5, 5.41) is 1.55. The molecule has 1 aromatic heterocycles. The molecule has 1 N–H and O–H groups in total. The zero-order valence-corrected chi connectivity index (χ0v) is 17.2. The number of nitrogens with one attached hydrogen (secondary N) is 1. The second-order valence-electron chi connectivity index (χ2n) is 6.84. The number of carbonyl (C=O) groups excluding carboxylic acids is 2. The molecule has 1 aromatic carbocycles. The van der Waals surface area contributed by atoms with Crippen LogP contribution in [0.25, 0.3) is 0 Å². The molecule has 1 aliphatic rings. The van der Waals surface area contributed by atoms with E-state index in [1.165, 1.54) is 18.9 Å². The fourth-order valence-corrected chi connectivity index (χ4v) is 3.36. The molecule has 1 saturated heterocycles. The van der Waals surface area contributed by atoms with Crippen LogP contribution in [0.15, 0.2) is 24.3 Å². The third kappa shape index (κ3) is 4.33. The number of anilines is 2. The number of hydrogen-bond donors (Lipinski definition) is 1. The Morgan fingerprint density at radius 3 is 2.67 bits per heavy atom. The number of rotatable bonds is 4. The zero-order chi connectivity index (χ0) is 22.2. The van der Waals surface area contributed by atoms with Crippen LogP contribution in [0.2, 0.25) is 5.02 Å². The summed E-state index contributed by atoms with van der Waals surface area (Å²) in [5.41, 5.74) is 2.66. The lowest BCUT2D eigenvalue weighted by Crippen LogP contribution is -2.48. The highest BCUT2D eigenvalue weighted by Crippen LogP contribution is 2.30. The van der Waals surface area contributed by atoms with E-state index in [9.17, 15) is 22.8 Å². The number of alkyl halides is 3. The molecule has 0 spiro atoms. The highest BCUT2D eigenvalue weighted by molar-refractivity contribution is 6.31. The standard InChI is InChI=1S/C19H19ClF3N5O2/c1-4-11-8-12(5-6-13(11)20)27(3)17(30)14-9-16(29)26-28(14)18-24-10(2)7-15(25-18)19(21,22)23/h5-8,14H,4,9H2,1-3H3,(H,26,29). The second kappa shape index (κ2) is 8.10. The van der Waals surface area contributed by atoms with Crippen molar-refractivity contribution in [1.29, 1.82) is 0 Å². The van der Waals surface area contributed by atoms with Gasteiger partial charge in [-0.15, -0.1) is 0 Å². The lowest BCUT2D eigenvalue weighted by atomic mass is 10.1. The van der Waals surface area contributed by atoms with Crippen molar-refractivity contribution in [1.82, 2.24) is 15.4 Å². The molecule has 2 heterocycles. The number of nitrogens with zero attached hydrogens (tertiary/aromatic N) is 4. The normalized spacial score (nSPS) is 16.6. The smallest absolute Gasteiger partial charge is 0.314 e. The van der Waals surface area contributed by atoms with E-state index >= 15 is 0 Å². The minimum atomic E-state index is -4.69. The van der Waals surface area contributed by atoms with Crippen LogP contribution in [-0.2, 0) is 22.2 Å². The molecule has 7 nitrogen and oxygen atoms in total. The van der Waals surface area contributed by atoms with E-state index in [0.717, 1.165) is 16.6 Å². The van der Waals surface area contributed by atoms with Gasteiger partial charge < -0.3 is 4.90 Å². The quantitative estimate of drug-likeness (QED) is 0.787. The summed E-state index contributed by atoms with van der Waals surface area (Å²) in [5.74, 6) is -1.42. The molecule has 0 aliphatic carbocycles. The van der Waals surface area contributed by atoms with Gasteiger partial charge in [-0.3, -0.25) is 15.0 Å². The molecular weight excluding hydrogens is 423 g/mol. The Kier molecular flexibility index (Phi) is 5.89. The van der Waals surface area contributed by atoms with E-state index in [1.54, 1.807) is 18.2 Å². The molecule has 0 bridgehead atoms. The van der Waals surface area contributed by atoms with Gasteiger partial charge >= 0.3 is 6.18 Å². The average Bonchev–Trinajstić information content (AvgIpc) is 3.08. The molecule has 2 amide bonds. The maximum Gasteiger partial charge on any atom is 0.433 e. The summed E-state index contributed by atoms with van der Waals surface area (Å²) < 4.78 is 39.4. The number of halogens is 4. The van der Waals surface area contributed by atoms with Gasteiger partial charge in [-0.1, -0.05) is 18.5 Å². The molecule has 1 fully saturated rings.